The van der Waals surface area contributed by atoms with Crippen molar-refractivity contribution < 1.29 is 4.79 Å². The summed E-state index contributed by atoms with van der Waals surface area (Å²) in [5.41, 5.74) is 1.69. The van der Waals surface area contributed by atoms with Gasteiger partial charge in [0.05, 0.1) is 12.7 Å². The normalized spacial score (nSPS) is 16.8. The molecule has 1 amide bonds. The number of aromatic nitrogens is 6. The molecule has 3 aromatic rings. The molecule has 0 saturated carbocycles. The minimum absolute atomic E-state index is 0.0591. The van der Waals surface area contributed by atoms with Crippen LogP contribution in [0.15, 0.2) is 42.9 Å². The Hall–Kier alpha value is -3.36. The van der Waals surface area contributed by atoms with Gasteiger partial charge in [0.2, 0.25) is 0 Å². The van der Waals surface area contributed by atoms with E-state index in [1.807, 2.05) is 31.2 Å². The van der Waals surface area contributed by atoms with Crippen LogP contribution in [0.3, 0.4) is 0 Å². The van der Waals surface area contributed by atoms with Crippen LogP contribution in [0, 0.1) is 6.92 Å². The lowest BCUT2D eigenvalue weighted by molar-refractivity contribution is 0.0933. The molecule has 1 saturated heterocycles. The maximum atomic E-state index is 12.6. The molecule has 0 bridgehead atoms. The number of amides is 1. The predicted molar refractivity (Wildman–Crippen MR) is 103 cm³/mol. The maximum Gasteiger partial charge on any atom is 0.251 e. The van der Waals surface area contributed by atoms with Gasteiger partial charge in [0.1, 0.15) is 11.6 Å². The van der Waals surface area contributed by atoms with Crippen molar-refractivity contribution in [3.8, 4) is 0 Å². The fourth-order valence-corrected chi connectivity index (χ4v) is 3.36. The summed E-state index contributed by atoms with van der Waals surface area (Å²) < 4.78 is 1.72. The monoisotopic (exact) mass is 378 g/mol. The molecule has 28 heavy (non-hydrogen) atoms. The summed E-state index contributed by atoms with van der Waals surface area (Å²) in [6, 6.07) is 7.64. The van der Waals surface area contributed by atoms with Gasteiger partial charge in [-0.25, -0.2) is 9.67 Å². The van der Waals surface area contributed by atoms with E-state index in [2.05, 4.69) is 35.7 Å². The molecule has 0 radical (unpaired) electrons. The number of nitrogens with one attached hydrogen (secondary N) is 1. The highest BCUT2D eigenvalue weighted by atomic mass is 16.1. The van der Waals surface area contributed by atoms with Gasteiger partial charge in [-0.1, -0.05) is 12.1 Å². The third-order valence-electron chi connectivity index (χ3n) is 4.89. The number of piperidine rings is 1. The number of tetrazole rings is 1. The Kier molecular flexibility index (Phi) is 5.22. The van der Waals surface area contributed by atoms with Crippen molar-refractivity contribution >= 4 is 11.7 Å². The Bertz CT molecular complexity index is 925. The molecule has 1 aliphatic heterocycles. The van der Waals surface area contributed by atoms with Gasteiger partial charge in [-0.3, -0.25) is 9.78 Å². The smallest absolute Gasteiger partial charge is 0.251 e. The molecule has 0 aliphatic carbocycles. The minimum atomic E-state index is -0.0591. The molecular weight excluding hydrogens is 356 g/mol. The first-order valence-corrected chi connectivity index (χ1v) is 9.32. The van der Waals surface area contributed by atoms with E-state index >= 15 is 0 Å². The molecule has 144 valence electrons. The van der Waals surface area contributed by atoms with Crippen LogP contribution in [0.25, 0.3) is 0 Å². The number of hydrogen-bond acceptors (Lipinski definition) is 7. The molecular formula is C19H22N8O. The van der Waals surface area contributed by atoms with Crippen molar-refractivity contribution in [1.82, 2.24) is 35.5 Å². The van der Waals surface area contributed by atoms with Crippen molar-refractivity contribution in [1.29, 1.82) is 0 Å². The highest BCUT2D eigenvalue weighted by Gasteiger charge is 2.22. The van der Waals surface area contributed by atoms with Gasteiger partial charge in [0.25, 0.3) is 5.91 Å². The van der Waals surface area contributed by atoms with Crippen LogP contribution in [0.2, 0.25) is 0 Å². The van der Waals surface area contributed by atoms with E-state index in [1.165, 1.54) is 0 Å². The molecule has 1 N–H and O–H groups in total. The highest BCUT2D eigenvalue weighted by molar-refractivity contribution is 5.94. The lowest BCUT2D eigenvalue weighted by Crippen LogP contribution is -2.48. The average Bonchev–Trinajstić information content (AvgIpc) is 3.14. The number of carbonyl (C=O) groups excluding carboxylic acids is 1. The van der Waals surface area contributed by atoms with Crippen LogP contribution in [-0.2, 0) is 6.54 Å². The van der Waals surface area contributed by atoms with Gasteiger partial charge >= 0.3 is 0 Å². The molecule has 1 atom stereocenters. The number of rotatable bonds is 5. The van der Waals surface area contributed by atoms with Gasteiger partial charge in [-0.2, -0.15) is 0 Å². The lowest BCUT2D eigenvalue weighted by Gasteiger charge is -2.33. The van der Waals surface area contributed by atoms with Crippen LogP contribution in [0.1, 0.15) is 34.6 Å². The van der Waals surface area contributed by atoms with Gasteiger partial charge in [-0.05, 0) is 47.9 Å². The van der Waals surface area contributed by atoms with Crippen LogP contribution >= 0.6 is 0 Å². The highest BCUT2D eigenvalue weighted by Crippen LogP contribution is 2.17. The zero-order valence-electron chi connectivity index (χ0n) is 15.7. The standard InChI is InChI=1S/C19H22N8O/c1-14-23-24-25-27(14)12-15-4-6-16(7-5-15)19(28)22-17-3-2-10-26(13-17)18-11-20-8-9-21-18/h4-9,11,17H,2-3,10,12-13H2,1H3,(H,22,28). The fourth-order valence-electron chi connectivity index (χ4n) is 3.36. The topological polar surface area (TPSA) is 102 Å². The Morgan fingerprint density at radius 2 is 2.11 bits per heavy atom. The number of nitrogens with zero attached hydrogens (tertiary/aromatic N) is 7. The molecule has 9 nitrogen and oxygen atoms in total. The predicted octanol–water partition coefficient (Wildman–Crippen LogP) is 1.22. The third-order valence-corrected chi connectivity index (χ3v) is 4.89. The van der Waals surface area contributed by atoms with E-state index in [0.29, 0.717) is 12.1 Å². The molecule has 1 unspecified atom stereocenters. The van der Waals surface area contributed by atoms with Crippen molar-refractivity contribution in [3.05, 3.63) is 59.8 Å². The van der Waals surface area contributed by atoms with Crippen molar-refractivity contribution in [2.45, 2.75) is 32.4 Å². The summed E-state index contributed by atoms with van der Waals surface area (Å²) in [5.74, 6) is 1.55. The SMILES string of the molecule is Cc1nnnn1Cc1ccc(C(=O)NC2CCCN(c3cnccn3)C2)cc1. The second kappa shape index (κ2) is 8.12. The fraction of sp³-hybridized carbons (Fsp3) is 0.368. The molecule has 1 aliphatic rings. The maximum absolute atomic E-state index is 12.6. The molecule has 2 aromatic heterocycles. The molecule has 0 spiro atoms. The second-order valence-corrected chi connectivity index (χ2v) is 6.90. The van der Waals surface area contributed by atoms with E-state index in [4.69, 9.17) is 0 Å². The number of hydrogen-bond donors (Lipinski definition) is 1. The first kappa shape index (κ1) is 18.0. The van der Waals surface area contributed by atoms with Crippen LogP contribution in [0.5, 0.6) is 0 Å². The van der Waals surface area contributed by atoms with E-state index < -0.39 is 0 Å². The summed E-state index contributed by atoms with van der Waals surface area (Å²) in [6.45, 7) is 4.10. The van der Waals surface area contributed by atoms with Gasteiger partial charge in [-0.15, -0.1) is 5.10 Å². The van der Waals surface area contributed by atoms with E-state index in [-0.39, 0.29) is 11.9 Å². The van der Waals surface area contributed by atoms with Gasteiger partial charge < -0.3 is 10.2 Å². The summed E-state index contributed by atoms with van der Waals surface area (Å²) >= 11 is 0. The summed E-state index contributed by atoms with van der Waals surface area (Å²) in [7, 11) is 0. The number of carbonyl (C=O) groups is 1. The van der Waals surface area contributed by atoms with E-state index in [0.717, 1.165) is 43.1 Å². The van der Waals surface area contributed by atoms with Crippen molar-refractivity contribution in [3.63, 3.8) is 0 Å². The van der Waals surface area contributed by atoms with Gasteiger partial charge in [0, 0.05) is 37.1 Å². The van der Waals surface area contributed by atoms with E-state index in [1.54, 1.807) is 23.3 Å². The van der Waals surface area contributed by atoms with Crippen molar-refractivity contribution in [2.24, 2.45) is 0 Å². The molecule has 9 heteroatoms. The Morgan fingerprint density at radius 1 is 1.25 bits per heavy atom. The van der Waals surface area contributed by atoms with Crippen LogP contribution in [0.4, 0.5) is 5.82 Å². The quantitative estimate of drug-likeness (QED) is 0.712. The zero-order chi connectivity index (χ0) is 19.3. The number of anilines is 1. The molecule has 1 fully saturated rings. The zero-order valence-corrected chi connectivity index (χ0v) is 15.7. The molecule has 3 heterocycles. The Labute approximate surface area is 162 Å². The summed E-state index contributed by atoms with van der Waals surface area (Å²) in [4.78, 5) is 23.3. The largest absolute Gasteiger partial charge is 0.353 e. The van der Waals surface area contributed by atoms with Gasteiger partial charge in [0.15, 0.2) is 0 Å². The Morgan fingerprint density at radius 3 is 2.82 bits per heavy atom. The molecule has 1 aromatic carbocycles. The summed E-state index contributed by atoms with van der Waals surface area (Å²) in [6.07, 6.45) is 7.08. The van der Waals surface area contributed by atoms with Crippen LogP contribution < -0.4 is 10.2 Å². The third kappa shape index (κ3) is 4.13. The first-order chi connectivity index (χ1) is 13.7. The lowest BCUT2D eigenvalue weighted by atomic mass is 10.0. The summed E-state index contributed by atoms with van der Waals surface area (Å²) in [5, 5.41) is 14.6. The second-order valence-electron chi connectivity index (χ2n) is 6.90. The number of benzene rings is 1. The average molecular weight is 378 g/mol. The number of aryl methyl sites for hydroxylation is 1. The van der Waals surface area contributed by atoms with Crippen molar-refractivity contribution in [2.75, 3.05) is 18.0 Å². The first-order valence-electron chi connectivity index (χ1n) is 9.32. The minimum Gasteiger partial charge on any atom is -0.353 e. The van der Waals surface area contributed by atoms with E-state index in [9.17, 15) is 4.79 Å². The molecule has 4 rings (SSSR count). The Balaban J connectivity index is 1.36. The van der Waals surface area contributed by atoms with Crippen LogP contribution in [-0.4, -0.2) is 55.2 Å².